The molecule has 3 aromatic rings. The third-order valence-corrected chi connectivity index (χ3v) is 10.3. The third kappa shape index (κ3) is 7.78. The van der Waals surface area contributed by atoms with Crippen LogP contribution in [0.3, 0.4) is 0 Å². The van der Waals surface area contributed by atoms with Gasteiger partial charge in [0.2, 0.25) is 11.8 Å². The molecular formula is C31H34Cl3N3O4S. The quantitative estimate of drug-likeness (QED) is 0.256. The van der Waals surface area contributed by atoms with Gasteiger partial charge in [-0.05, 0) is 74.2 Å². The Morgan fingerprint density at radius 3 is 2.29 bits per heavy atom. The lowest BCUT2D eigenvalue weighted by Gasteiger charge is -2.33. The van der Waals surface area contributed by atoms with Gasteiger partial charge in [-0.2, -0.15) is 0 Å². The first-order chi connectivity index (χ1) is 20.0. The van der Waals surface area contributed by atoms with E-state index >= 15 is 0 Å². The SMILES string of the molecule is Cc1ccc(Cl)cc1N(CC(=O)N(Cc1ccc(Cl)c(Cl)c1)C(C)C(=O)NC1CCCCC1)S(=O)(=O)c1ccccc1. The molecule has 1 saturated carbocycles. The van der Waals surface area contributed by atoms with Gasteiger partial charge in [0.05, 0.1) is 20.6 Å². The highest BCUT2D eigenvalue weighted by molar-refractivity contribution is 7.92. The van der Waals surface area contributed by atoms with Crippen molar-refractivity contribution in [3.63, 3.8) is 0 Å². The number of nitrogens with one attached hydrogen (secondary N) is 1. The van der Waals surface area contributed by atoms with E-state index in [2.05, 4.69) is 5.32 Å². The summed E-state index contributed by atoms with van der Waals surface area (Å²) in [5.74, 6) is -0.863. The largest absolute Gasteiger partial charge is 0.352 e. The Morgan fingerprint density at radius 2 is 1.62 bits per heavy atom. The van der Waals surface area contributed by atoms with Crippen molar-refractivity contribution in [2.75, 3.05) is 10.8 Å². The second-order valence-electron chi connectivity index (χ2n) is 10.5. The summed E-state index contributed by atoms with van der Waals surface area (Å²) in [6, 6.07) is 16.9. The van der Waals surface area contributed by atoms with E-state index in [-0.39, 0.29) is 29.1 Å². The highest BCUT2D eigenvalue weighted by atomic mass is 35.5. The molecular weight excluding hydrogens is 617 g/mol. The maximum Gasteiger partial charge on any atom is 0.264 e. The fraction of sp³-hybridized carbons (Fsp3) is 0.355. The molecule has 0 saturated heterocycles. The van der Waals surface area contributed by atoms with Crippen molar-refractivity contribution in [1.82, 2.24) is 10.2 Å². The molecule has 3 aromatic carbocycles. The summed E-state index contributed by atoms with van der Waals surface area (Å²) in [4.78, 5) is 29.0. The highest BCUT2D eigenvalue weighted by Gasteiger charge is 2.34. The Kier molecular flexibility index (Phi) is 10.8. The van der Waals surface area contributed by atoms with Gasteiger partial charge in [0, 0.05) is 17.6 Å². The zero-order valence-electron chi connectivity index (χ0n) is 23.5. The van der Waals surface area contributed by atoms with E-state index in [1.807, 2.05) is 0 Å². The summed E-state index contributed by atoms with van der Waals surface area (Å²) in [6.45, 7) is 2.86. The van der Waals surface area contributed by atoms with Crippen LogP contribution in [0.2, 0.25) is 15.1 Å². The number of nitrogens with zero attached hydrogens (tertiary/aromatic N) is 2. The van der Waals surface area contributed by atoms with Crippen molar-refractivity contribution in [1.29, 1.82) is 0 Å². The second-order valence-corrected chi connectivity index (χ2v) is 13.7. The number of benzene rings is 3. The van der Waals surface area contributed by atoms with Crippen molar-refractivity contribution in [3.8, 4) is 0 Å². The molecule has 0 bridgehead atoms. The second kappa shape index (κ2) is 14.1. The van der Waals surface area contributed by atoms with E-state index in [1.54, 1.807) is 62.4 Å². The first kappa shape index (κ1) is 32.1. The monoisotopic (exact) mass is 649 g/mol. The molecule has 7 nitrogen and oxygen atoms in total. The van der Waals surface area contributed by atoms with Gasteiger partial charge < -0.3 is 10.2 Å². The number of hydrogen-bond acceptors (Lipinski definition) is 4. The Morgan fingerprint density at radius 1 is 0.929 bits per heavy atom. The summed E-state index contributed by atoms with van der Waals surface area (Å²) >= 11 is 18.7. The van der Waals surface area contributed by atoms with Crippen LogP contribution in [0, 0.1) is 6.92 Å². The number of carbonyl (C=O) groups excluding carboxylic acids is 2. The fourth-order valence-corrected chi connectivity index (χ4v) is 7.05. The van der Waals surface area contributed by atoms with Gasteiger partial charge in [0.15, 0.2) is 0 Å². The molecule has 1 fully saturated rings. The molecule has 224 valence electrons. The summed E-state index contributed by atoms with van der Waals surface area (Å²) in [7, 11) is -4.19. The molecule has 2 amide bonds. The van der Waals surface area contributed by atoms with Gasteiger partial charge in [-0.3, -0.25) is 13.9 Å². The highest BCUT2D eigenvalue weighted by Crippen LogP contribution is 2.30. The fourth-order valence-electron chi connectivity index (χ4n) is 5.07. The van der Waals surface area contributed by atoms with E-state index in [1.165, 1.54) is 23.1 Å². The van der Waals surface area contributed by atoms with Gasteiger partial charge in [0.1, 0.15) is 12.6 Å². The third-order valence-electron chi connectivity index (χ3n) is 7.51. The number of carbonyl (C=O) groups is 2. The van der Waals surface area contributed by atoms with Crippen LogP contribution in [0.25, 0.3) is 0 Å². The molecule has 1 aliphatic carbocycles. The molecule has 4 rings (SSSR count). The number of aryl methyl sites for hydroxylation is 1. The van der Waals surface area contributed by atoms with E-state index < -0.39 is 28.5 Å². The van der Waals surface area contributed by atoms with Crippen LogP contribution < -0.4 is 9.62 Å². The standard InChI is InChI=1S/C31H34Cl3N3O4S/c1-21-13-15-24(32)18-29(21)37(42(40,41)26-11-7-4-8-12-26)20-30(38)36(19-23-14-16-27(33)28(34)17-23)22(2)31(39)35-25-9-5-3-6-10-25/h4,7-8,11-18,22,25H,3,5-6,9-10,19-20H2,1-2H3,(H,35,39). The molecule has 0 aliphatic heterocycles. The van der Waals surface area contributed by atoms with Crippen LogP contribution in [0.15, 0.2) is 71.6 Å². The molecule has 11 heteroatoms. The lowest BCUT2D eigenvalue weighted by Crippen LogP contribution is -2.53. The number of sulfonamides is 1. The minimum absolute atomic E-state index is 0.0166. The Hall–Kier alpha value is -2.78. The first-order valence-corrected chi connectivity index (χ1v) is 16.4. The van der Waals surface area contributed by atoms with E-state index in [0.717, 1.165) is 36.4 Å². The minimum Gasteiger partial charge on any atom is -0.352 e. The van der Waals surface area contributed by atoms with Crippen LogP contribution in [0.5, 0.6) is 0 Å². The Bertz CT molecular complexity index is 1530. The van der Waals surface area contributed by atoms with Gasteiger partial charge in [-0.15, -0.1) is 0 Å². The molecule has 0 radical (unpaired) electrons. The van der Waals surface area contributed by atoms with Crippen LogP contribution in [-0.4, -0.2) is 43.8 Å². The number of anilines is 1. The van der Waals surface area contributed by atoms with Gasteiger partial charge in [-0.25, -0.2) is 8.42 Å². The van der Waals surface area contributed by atoms with Crippen LogP contribution in [0.1, 0.15) is 50.2 Å². The van der Waals surface area contributed by atoms with Crippen LogP contribution in [0.4, 0.5) is 5.69 Å². The average molecular weight is 651 g/mol. The normalized spacial score (nSPS) is 14.7. The number of halogens is 3. The van der Waals surface area contributed by atoms with Crippen molar-refractivity contribution in [2.24, 2.45) is 0 Å². The smallest absolute Gasteiger partial charge is 0.264 e. The lowest BCUT2D eigenvalue weighted by atomic mass is 9.95. The summed E-state index contributed by atoms with van der Waals surface area (Å²) < 4.78 is 29.0. The van der Waals surface area contributed by atoms with Crippen molar-refractivity contribution in [3.05, 3.63) is 92.9 Å². The zero-order chi connectivity index (χ0) is 30.4. The average Bonchev–Trinajstić information content (AvgIpc) is 2.98. The van der Waals surface area contributed by atoms with Crippen molar-refractivity contribution in [2.45, 2.75) is 69.5 Å². The Balaban J connectivity index is 1.71. The van der Waals surface area contributed by atoms with Gasteiger partial charge in [0.25, 0.3) is 10.0 Å². The summed E-state index contributed by atoms with van der Waals surface area (Å²) in [5, 5.41) is 4.08. The minimum atomic E-state index is -4.19. The predicted molar refractivity (Wildman–Crippen MR) is 169 cm³/mol. The Labute approximate surface area is 262 Å². The molecule has 0 spiro atoms. The van der Waals surface area contributed by atoms with Crippen molar-refractivity contribution >= 4 is 62.3 Å². The van der Waals surface area contributed by atoms with E-state index in [4.69, 9.17) is 34.8 Å². The molecule has 0 heterocycles. The lowest BCUT2D eigenvalue weighted by molar-refractivity contribution is -0.139. The molecule has 1 N–H and O–H groups in total. The summed E-state index contributed by atoms with van der Waals surface area (Å²) in [6.07, 6.45) is 4.98. The number of hydrogen-bond donors (Lipinski definition) is 1. The van der Waals surface area contributed by atoms with E-state index in [0.29, 0.717) is 26.2 Å². The molecule has 1 atom stereocenters. The topological polar surface area (TPSA) is 86.8 Å². The molecule has 1 aliphatic rings. The number of rotatable bonds is 10. The van der Waals surface area contributed by atoms with Crippen molar-refractivity contribution < 1.29 is 18.0 Å². The molecule has 0 aromatic heterocycles. The molecule has 42 heavy (non-hydrogen) atoms. The number of amides is 2. The first-order valence-electron chi connectivity index (χ1n) is 13.8. The molecule has 1 unspecified atom stereocenters. The maximum absolute atomic E-state index is 14.1. The van der Waals surface area contributed by atoms with Crippen LogP contribution in [-0.2, 0) is 26.2 Å². The van der Waals surface area contributed by atoms with Gasteiger partial charge >= 0.3 is 0 Å². The summed E-state index contributed by atoms with van der Waals surface area (Å²) in [5.41, 5.74) is 1.53. The van der Waals surface area contributed by atoms with Crippen LogP contribution >= 0.6 is 34.8 Å². The van der Waals surface area contributed by atoms with Gasteiger partial charge in [-0.1, -0.05) is 84.4 Å². The van der Waals surface area contributed by atoms with E-state index in [9.17, 15) is 18.0 Å². The predicted octanol–water partition coefficient (Wildman–Crippen LogP) is 7.02. The maximum atomic E-state index is 14.1. The zero-order valence-corrected chi connectivity index (χ0v) is 26.6.